The van der Waals surface area contributed by atoms with Gasteiger partial charge in [-0.2, -0.15) is 13.2 Å². The Morgan fingerprint density at radius 3 is 2.31 bits per heavy atom. The molecule has 49 heavy (non-hydrogen) atoms. The third-order valence-corrected chi connectivity index (χ3v) is 7.55. The molecule has 3 amide bonds. The van der Waals surface area contributed by atoms with Crippen LogP contribution in [0.1, 0.15) is 56.0 Å². The average Bonchev–Trinajstić information content (AvgIpc) is 3.36. The number of aliphatic carboxylic acids is 1. The summed E-state index contributed by atoms with van der Waals surface area (Å²) in [5.41, 5.74) is 13.2. The Morgan fingerprint density at radius 1 is 1.08 bits per heavy atom. The van der Waals surface area contributed by atoms with Gasteiger partial charge in [0, 0.05) is 38.5 Å². The molecule has 3 aromatic rings. The number of nitrogens with one attached hydrogen (secondary N) is 2. The number of aromatic nitrogens is 4. The summed E-state index contributed by atoms with van der Waals surface area (Å²) < 4.78 is 46.6. The number of rotatable bonds is 10. The van der Waals surface area contributed by atoms with Crippen LogP contribution in [0.5, 0.6) is 5.75 Å². The normalized spacial score (nSPS) is 13.3. The molecule has 0 saturated carbocycles. The van der Waals surface area contributed by atoms with Crippen molar-refractivity contribution in [1.29, 1.82) is 0 Å². The van der Waals surface area contributed by atoms with Crippen molar-refractivity contribution in [3.8, 4) is 5.75 Å². The molecular formula is C29H37ClF3N9O7. The molecule has 16 nitrogen and oxygen atoms in total. The molecule has 1 aliphatic rings. The number of urea groups is 1. The highest BCUT2D eigenvalue weighted by Gasteiger charge is 2.34. The van der Waals surface area contributed by atoms with Gasteiger partial charge in [-0.3, -0.25) is 4.79 Å². The standard InChI is InChI=1S/C27H36ClN9O5.C2HF3O2/c1-4-31-27(40)35-11-9-16(10-12-35)37-19-13-17(42-15-21(38)41-6-3)7-8-18(19)36(5-2)20(37)14-32-26(39)22-24(29)34-25(30)23(28)33-22;3-2(4,5)1(6)7/h7-8,13,16H,4-6,9-12,14-15H2,1-3H3,(H5-,29,30,31,32,34,39,40);(H,6,7). The fourth-order valence-corrected chi connectivity index (χ4v) is 5.28. The number of hydrogen-bond donors (Lipinski definition) is 4. The summed E-state index contributed by atoms with van der Waals surface area (Å²) in [6.07, 6.45) is -3.79. The summed E-state index contributed by atoms with van der Waals surface area (Å²) in [6, 6.07) is 5.54. The summed E-state index contributed by atoms with van der Waals surface area (Å²) in [4.78, 5) is 55.9. The van der Waals surface area contributed by atoms with E-state index in [2.05, 4.69) is 29.7 Å². The number of aryl methyl sites for hydroxylation is 1. The van der Waals surface area contributed by atoms with Crippen LogP contribution in [0.4, 0.5) is 29.6 Å². The minimum Gasteiger partial charge on any atom is -0.542 e. The summed E-state index contributed by atoms with van der Waals surface area (Å²) in [5, 5.41) is 14.4. The van der Waals surface area contributed by atoms with Crippen LogP contribution in [0.25, 0.3) is 11.0 Å². The second-order valence-electron chi connectivity index (χ2n) is 10.4. The van der Waals surface area contributed by atoms with Crippen LogP contribution in [0.15, 0.2) is 18.2 Å². The van der Waals surface area contributed by atoms with Gasteiger partial charge in [0.1, 0.15) is 24.3 Å². The van der Waals surface area contributed by atoms with E-state index in [4.69, 9.17) is 42.4 Å². The van der Waals surface area contributed by atoms with E-state index < -0.39 is 24.0 Å². The molecule has 1 saturated heterocycles. The summed E-state index contributed by atoms with van der Waals surface area (Å²) in [5.74, 6) is -2.87. The molecule has 0 spiro atoms. The van der Waals surface area contributed by atoms with Gasteiger partial charge in [0.05, 0.1) is 13.2 Å². The molecular weight excluding hydrogens is 679 g/mol. The Bertz CT molecular complexity index is 1680. The van der Waals surface area contributed by atoms with E-state index in [1.807, 2.05) is 26.0 Å². The molecule has 1 fully saturated rings. The van der Waals surface area contributed by atoms with Crippen molar-refractivity contribution in [2.75, 3.05) is 44.3 Å². The highest BCUT2D eigenvalue weighted by atomic mass is 35.5. The van der Waals surface area contributed by atoms with Crippen LogP contribution >= 0.6 is 11.6 Å². The maximum Gasteiger partial charge on any atom is 0.430 e. The largest absolute Gasteiger partial charge is 0.542 e. The van der Waals surface area contributed by atoms with E-state index in [1.54, 1.807) is 17.9 Å². The number of hydrogen-bond acceptors (Lipinski definition) is 11. The minimum atomic E-state index is -5.19. The maximum absolute atomic E-state index is 13.1. The van der Waals surface area contributed by atoms with Gasteiger partial charge < -0.3 is 46.4 Å². The van der Waals surface area contributed by atoms with Gasteiger partial charge in [-0.05, 0) is 32.9 Å². The van der Waals surface area contributed by atoms with E-state index >= 15 is 0 Å². The van der Waals surface area contributed by atoms with Gasteiger partial charge in [-0.15, -0.1) is 0 Å². The zero-order valence-electron chi connectivity index (χ0n) is 26.9. The zero-order chi connectivity index (χ0) is 36.5. The van der Waals surface area contributed by atoms with Gasteiger partial charge >= 0.3 is 18.2 Å². The lowest BCUT2D eigenvalue weighted by atomic mass is 10.0. The summed E-state index contributed by atoms with van der Waals surface area (Å²) >= 11 is 5.99. The Labute approximate surface area is 283 Å². The number of carbonyl (C=O) groups excluding carboxylic acids is 4. The fourth-order valence-electron chi connectivity index (χ4n) is 5.15. The Morgan fingerprint density at radius 2 is 1.73 bits per heavy atom. The topological polar surface area (TPSA) is 224 Å². The van der Waals surface area contributed by atoms with Gasteiger partial charge in [0.25, 0.3) is 11.7 Å². The number of ether oxygens (including phenoxy) is 2. The number of halogens is 4. The number of benzene rings is 1. The first-order valence-electron chi connectivity index (χ1n) is 15.1. The van der Waals surface area contributed by atoms with Crippen LogP contribution in [-0.2, 0) is 27.4 Å². The predicted molar refractivity (Wildman–Crippen MR) is 167 cm³/mol. The minimum absolute atomic E-state index is 0.0222. The van der Waals surface area contributed by atoms with Crippen LogP contribution in [0.3, 0.4) is 0 Å². The maximum atomic E-state index is 13.1. The van der Waals surface area contributed by atoms with E-state index in [0.717, 1.165) is 16.9 Å². The molecule has 1 aliphatic heterocycles. The van der Waals surface area contributed by atoms with E-state index in [0.29, 0.717) is 44.8 Å². The highest BCUT2D eigenvalue weighted by Crippen LogP contribution is 2.31. The molecule has 0 atom stereocenters. The van der Waals surface area contributed by atoms with Crippen LogP contribution in [0, 0.1) is 0 Å². The third kappa shape index (κ3) is 9.74. The third-order valence-electron chi connectivity index (χ3n) is 7.27. The Balaban J connectivity index is 0.000000838. The molecule has 1 aromatic carbocycles. The molecule has 20 heteroatoms. The van der Waals surface area contributed by atoms with Gasteiger partial charge in [0.2, 0.25) is 0 Å². The number of piperidine rings is 1. The highest BCUT2D eigenvalue weighted by molar-refractivity contribution is 6.31. The number of likely N-dealkylation sites (tertiary alicyclic amines) is 1. The number of anilines is 2. The molecule has 268 valence electrons. The van der Waals surface area contributed by atoms with E-state index in [-0.39, 0.29) is 54.3 Å². The molecule has 6 N–H and O–H groups in total. The lowest BCUT2D eigenvalue weighted by Crippen LogP contribution is -2.45. The Kier molecular flexibility index (Phi) is 13.2. The van der Waals surface area contributed by atoms with Crippen molar-refractivity contribution in [2.24, 2.45) is 0 Å². The number of nitrogens with two attached hydrogens (primary N) is 2. The van der Waals surface area contributed by atoms with Crippen molar-refractivity contribution in [2.45, 2.75) is 58.9 Å². The quantitative estimate of drug-likeness (QED) is 0.172. The molecule has 0 bridgehead atoms. The number of alkyl halides is 3. The predicted octanol–water partition coefficient (Wildman–Crippen LogP) is 1.09. The lowest BCUT2D eigenvalue weighted by molar-refractivity contribution is -0.676. The average molecular weight is 716 g/mol. The molecule has 0 aliphatic carbocycles. The van der Waals surface area contributed by atoms with Crippen molar-refractivity contribution < 1.29 is 51.5 Å². The second kappa shape index (κ2) is 16.8. The Hall–Kier alpha value is -5.07. The molecule has 0 radical (unpaired) electrons. The number of esters is 1. The van der Waals surface area contributed by atoms with Gasteiger partial charge in [0.15, 0.2) is 40.1 Å². The smallest absolute Gasteiger partial charge is 0.430 e. The second-order valence-corrected chi connectivity index (χ2v) is 10.8. The first kappa shape index (κ1) is 38.4. The molecule has 3 heterocycles. The van der Waals surface area contributed by atoms with Crippen molar-refractivity contribution in [3.63, 3.8) is 0 Å². The number of carbonyl (C=O) groups is 4. The number of carboxylic acid groups (broad SMARTS) is 1. The lowest BCUT2D eigenvalue weighted by Gasteiger charge is -2.31. The number of fused-ring (bicyclic) bond motifs is 1. The first-order chi connectivity index (χ1) is 23.1. The van der Waals surface area contributed by atoms with Gasteiger partial charge in [-0.25, -0.2) is 28.7 Å². The monoisotopic (exact) mass is 715 g/mol. The van der Waals surface area contributed by atoms with Crippen molar-refractivity contribution >= 4 is 58.1 Å². The summed E-state index contributed by atoms with van der Waals surface area (Å²) in [7, 11) is 0. The molecule has 4 rings (SSSR count). The number of carboxylic acids is 1. The van der Waals surface area contributed by atoms with Gasteiger partial charge in [-0.1, -0.05) is 11.6 Å². The van der Waals surface area contributed by atoms with Crippen LogP contribution in [0.2, 0.25) is 5.15 Å². The van der Waals surface area contributed by atoms with E-state index in [9.17, 15) is 27.6 Å². The molecule has 0 unspecified atom stereocenters. The summed E-state index contributed by atoms with van der Waals surface area (Å²) in [6.45, 7) is 8.15. The first-order valence-corrected chi connectivity index (χ1v) is 15.5. The van der Waals surface area contributed by atoms with Crippen LogP contribution < -0.4 is 36.5 Å². The number of imidazole rings is 1. The van der Waals surface area contributed by atoms with E-state index in [1.165, 1.54) is 0 Å². The molecule has 2 aromatic heterocycles. The van der Waals surface area contributed by atoms with Crippen molar-refractivity contribution in [1.82, 2.24) is 30.1 Å². The van der Waals surface area contributed by atoms with Crippen molar-refractivity contribution in [3.05, 3.63) is 34.9 Å². The zero-order valence-corrected chi connectivity index (χ0v) is 27.7. The number of nitrogens with zero attached hydrogens (tertiary/aromatic N) is 5. The van der Waals surface area contributed by atoms with Crippen LogP contribution in [-0.4, -0.2) is 82.3 Å². The number of amides is 3. The fraction of sp³-hybridized carbons (Fsp3) is 0.483. The SMILES string of the molecule is CCNC(=O)N1CCC(n2c(CNC(=O)c3nc(Cl)c(N)nc3N)[n+](CC)c3ccc(OCC(=O)OCC)cc32)CC1.O=C([O-])C(F)(F)F. The number of nitrogen functional groups attached to an aromatic ring is 2.